The van der Waals surface area contributed by atoms with Gasteiger partial charge in [0.1, 0.15) is 5.75 Å². The van der Waals surface area contributed by atoms with Crippen molar-refractivity contribution >= 4 is 11.7 Å². The SMILES string of the molecule is CN1CCCCC1CCOc1cc(C(=O)O)ccc1N. The van der Waals surface area contributed by atoms with Gasteiger partial charge in [0.15, 0.2) is 0 Å². The Bertz CT molecular complexity index is 476. The summed E-state index contributed by atoms with van der Waals surface area (Å²) in [6.45, 7) is 1.70. The number of anilines is 1. The summed E-state index contributed by atoms with van der Waals surface area (Å²) in [4.78, 5) is 13.3. The van der Waals surface area contributed by atoms with Crippen LogP contribution in [-0.2, 0) is 0 Å². The van der Waals surface area contributed by atoms with E-state index in [9.17, 15) is 4.79 Å². The third kappa shape index (κ3) is 3.63. The van der Waals surface area contributed by atoms with Crippen molar-refractivity contribution < 1.29 is 14.6 Å². The van der Waals surface area contributed by atoms with Crippen molar-refractivity contribution in [3.63, 3.8) is 0 Å². The molecule has 0 aromatic heterocycles. The lowest BCUT2D eigenvalue weighted by atomic mass is 10.0. The van der Waals surface area contributed by atoms with E-state index in [-0.39, 0.29) is 5.56 Å². The molecule has 5 nitrogen and oxygen atoms in total. The molecule has 2 rings (SSSR count). The predicted molar refractivity (Wildman–Crippen MR) is 78.2 cm³/mol. The quantitative estimate of drug-likeness (QED) is 0.808. The number of hydrogen-bond acceptors (Lipinski definition) is 4. The average Bonchev–Trinajstić information content (AvgIpc) is 2.42. The fourth-order valence-corrected chi connectivity index (χ4v) is 2.61. The molecule has 1 saturated heterocycles. The number of rotatable bonds is 5. The maximum absolute atomic E-state index is 10.9. The molecule has 0 saturated carbocycles. The zero-order chi connectivity index (χ0) is 14.5. The molecule has 20 heavy (non-hydrogen) atoms. The summed E-state index contributed by atoms with van der Waals surface area (Å²) in [5.41, 5.74) is 6.48. The standard InChI is InChI=1S/C15H22N2O3/c1-17-8-3-2-4-12(17)7-9-20-14-10-11(15(18)19)5-6-13(14)16/h5-6,10,12H,2-4,7-9,16H2,1H3,(H,18,19). The van der Waals surface area contributed by atoms with Gasteiger partial charge in [-0.05, 0) is 51.1 Å². The molecule has 1 aromatic carbocycles. The minimum absolute atomic E-state index is 0.198. The number of piperidine rings is 1. The normalized spacial score (nSPS) is 19.8. The summed E-state index contributed by atoms with van der Waals surface area (Å²) in [6, 6.07) is 5.10. The number of nitrogen functional groups attached to an aromatic ring is 1. The van der Waals surface area contributed by atoms with Crippen LogP contribution in [0.5, 0.6) is 5.75 Å². The average molecular weight is 278 g/mol. The first-order valence-electron chi connectivity index (χ1n) is 7.04. The van der Waals surface area contributed by atoms with Gasteiger partial charge in [0.25, 0.3) is 0 Å². The van der Waals surface area contributed by atoms with Crippen LogP contribution < -0.4 is 10.5 Å². The molecule has 110 valence electrons. The van der Waals surface area contributed by atoms with E-state index in [0.717, 1.165) is 13.0 Å². The van der Waals surface area contributed by atoms with E-state index in [1.54, 1.807) is 6.07 Å². The van der Waals surface area contributed by atoms with Gasteiger partial charge >= 0.3 is 5.97 Å². The molecule has 0 aliphatic carbocycles. The molecule has 1 atom stereocenters. The van der Waals surface area contributed by atoms with Gasteiger partial charge in [-0.15, -0.1) is 0 Å². The summed E-state index contributed by atoms with van der Waals surface area (Å²) in [7, 11) is 2.14. The van der Waals surface area contributed by atoms with Crippen molar-refractivity contribution in [3.05, 3.63) is 23.8 Å². The van der Waals surface area contributed by atoms with Crippen molar-refractivity contribution in [2.24, 2.45) is 0 Å². The smallest absolute Gasteiger partial charge is 0.335 e. The molecular weight excluding hydrogens is 256 g/mol. The van der Waals surface area contributed by atoms with Crippen molar-refractivity contribution in [1.82, 2.24) is 4.90 Å². The number of benzene rings is 1. The molecule has 0 spiro atoms. The molecular formula is C15H22N2O3. The summed E-state index contributed by atoms with van der Waals surface area (Å²) in [6.07, 6.45) is 4.67. The third-order valence-corrected chi connectivity index (χ3v) is 3.89. The molecule has 0 amide bonds. The van der Waals surface area contributed by atoms with E-state index < -0.39 is 5.97 Å². The number of likely N-dealkylation sites (tertiary alicyclic amines) is 1. The lowest BCUT2D eigenvalue weighted by molar-refractivity contribution is 0.0696. The summed E-state index contributed by atoms with van der Waals surface area (Å²) in [5, 5.41) is 8.96. The number of carbonyl (C=O) groups is 1. The third-order valence-electron chi connectivity index (χ3n) is 3.89. The van der Waals surface area contributed by atoms with Gasteiger partial charge in [-0.3, -0.25) is 0 Å². The molecule has 0 bridgehead atoms. The Morgan fingerprint density at radius 2 is 2.30 bits per heavy atom. The van der Waals surface area contributed by atoms with E-state index in [2.05, 4.69) is 11.9 Å². The number of aromatic carboxylic acids is 1. The van der Waals surface area contributed by atoms with Crippen LogP contribution >= 0.6 is 0 Å². The molecule has 0 radical (unpaired) electrons. The van der Waals surface area contributed by atoms with E-state index in [1.807, 2.05) is 0 Å². The highest BCUT2D eigenvalue weighted by Crippen LogP contribution is 2.24. The van der Waals surface area contributed by atoms with Gasteiger partial charge < -0.3 is 20.5 Å². The number of ether oxygens (including phenoxy) is 1. The van der Waals surface area contributed by atoms with Crippen LogP contribution in [0.3, 0.4) is 0 Å². The number of carboxylic acid groups (broad SMARTS) is 1. The summed E-state index contributed by atoms with van der Waals surface area (Å²) in [5.74, 6) is -0.509. The topological polar surface area (TPSA) is 75.8 Å². The second-order valence-electron chi connectivity index (χ2n) is 5.33. The van der Waals surface area contributed by atoms with E-state index >= 15 is 0 Å². The van der Waals surface area contributed by atoms with Gasteiger partial charge in [0, 0.05) is 6.04 Å². The number of nitrogens with two attached hydrogens (primary N) is 1. The number of carboxylic acids is 1. The molecule has 1 aliphatic heterocycles. The Labute approximate surface area is 119 Å². The van der Waals surface area contributed by atoms with Gasteiger partial charge in [0.05, 0.1) is 17.9 Å². The second-order valence-corrected chi connectivity index (χ2v) is 5.33. The highest BCUT2D eigenvalue weighted by molar-refractivity contribution is 5.89. The maximum Gasteiger partial charge on any atom is 0.335 e. The number of nitrogens with zero attached hydrogens (tertiary/aromatic N) is 1. The van der Waals surface area contributed by atoms with E-state index in [1.165, 1.54) is 31.4 Å². The van der Waals surface area contributed by atoms with E-state index in [0.29, 0.717) is 24.1 Å². The minimum Gasteiger partial charge on any atom is -0.491 e. The van der Waals surface area contributed by atoms with Crippen LogP contribution in [0, 0.1) is 0 Å². The monoisotopic (exact) mass is 278 g/mol. The van der Waals surface area contributed by atoms with Crippen LogP contribution in [0.25, 0.3) is 0 Å². The lowest BCUT2D eigenvalue weighted by Crippen LogP contribution is -2.37. The Kier molecular flexibility index (Phi) is 4.84. The van der Waals surface area contributed by atoms with Gasteiger partial charge in [-0.2, -0.15) is 0 Å². The Balaban J connectivity index is 1.90. The molecule has 1 aliphatic rings. The highest BCUT2D eigenvalue weighted by Gasteiger charge is 2.18. The fraction of sp³-hybridized carbons (Fsp3) is 0.533. The zero-order valence-electron chi connectivity index (χ0n) is 11.8. The van der Waals surface area contributed by atoms with Crippen LogP contribution in [0.2, 0.25) is 0 Å². The lowest BCUT2D eigenvalue weighted by Gasteiger charge is -2.32. The Morgan fingerprint density at radius 1 is 1.50 bits per heavy atom. The maximum atomic E-state index is 10.9. The van der Waals surface area contributed by atoms with Crippen LogP contribution in [-0.4, -0.2) is 42.2 Å². The molecule has 1 unspecified atom stereocenters. The second kappa shape index (κ2) is 6.61. The van der Waals surface area contributed by atoms with Crippen LogP contribution in [0.15, 0.2) is 18.2 Å². The molecule has 5 heteroatoms. The summed E-state index contributed by atoms with van der Waals surface area (Å²) < 4.78 is 5.66. The Morgan fingerprint density at radius 3 is 3.00 bits per heavy atom. The molecule has 3 N–H and O–H groups in total. The van der Waals surface area contributed by atoms with Crippen molar-refractivity contribution in [2.75, 3.05) is 25.9 Å². The van der Waals surface area contributed by atoms with Crippen LogP contribution in [0.1, 0.15) is 36.0 Å². The highest BCUT2D eigenvalue weighted by atomic mass is 16.5. The van der Waals surface area contributed by atoms with Gasteiger partial charge in [-0.25, -0.2) is 4.79 Å². The molecule has 1 fully saturated rings. The summed E-state index contributed by atoms with van der Waals surface area (Å²) >= 11 is 0. The van der Waals surface area contributed by atoms with E-state index in [4.69, 9.17) is 15.6 Å². The first-order chi connectivity index (χ1) is 9.58. The molecule has 1 heterocycles. The van der Waals surface area contributed by atoms with Gasteiger partial charge in [0.2, 0.25) is 0 Å². The van der Waals surface area contributed by atoms with Gasteiger partial charge in [-0.1, -0.05) is 6.42 Å². The van der Waals surface area contributed by atoms with Crippen LogP contribution in [0.4, 0.5) is 5.69 Å². The number of hydrogen-bond donors (Lipinski definition) is 2. The largest absolute Gasteiger partial charge is 0.491 e. The zero-order valence-corrected chi connectivity index (χ0v) is 11.8. The fourth-order valence-electron chi connectivity index (χ4n) is 2.61. The Hall–Kier alpha value is -1.75. The molecule has 1 aromatic rings. The first kappa shape index (κ1) is 14.7. The minimum atomic E-state index is -0.970. The predicted octanol–water partition coefficient (Wildman–Crippen LogP) is 2.22. The van der Waals surface area contributed by atoms with Crippen molar-refractivity contribution in [2.45, 2.75) is 31.7 Å². The van der Waals surface area contributed by atoms with Crippen molar-refractivity contribution in [1.29, 1.82) is 0 Å². The van der Waals surface area contributed by atoms with Crippen molar-refractivity contribution in [3.8, 4) is 5.75 Å². The first-order valence-corrected chi connectivity index (χ1v) is 7.04.